The van der Waals surface area contributed by atoms with E-state index in [1.807, 2.05) is 0 Å². The molecule has 1 heteroatoms. The lowest BCUT2D eigenvalue weighted by atomic mass is 9.63. The van der Waals surface area contributed by atoms with E-state index in [2.05, 4.69) is 82.5 Å². The molecule has 2 heterocycles. The standard InChI is InChI=1S/C25H29N/c1-17-14-21-19(18-8-6-7-9-20(18)23(21,2)3)15-22(17)26-16-24(4)10-12-25(26,5)13-11-24/h6-9,14-15H,10-13H2,1-5H3. The van der Waals surface area contributed by atoms with Crippen molar-refractivity contribution in [2.75, 3.05) is 4.90 Å². The Kier molecular flexibility index (Phi) is 3.12. The first-order chi connectivity index (χ1) is 12.2. The maximum absolute atomic E-state index is 3.90. The third kappa shape index (κ3) is 2.03. The number of hydrogen-bond acceptors (Lipinski definition) is 1. The fourth-order valence-electron chi connectivity index (χ4n) is 5.52. The highest BCUT2D eigenvalue weighted by molar-refractivity contribution is 5.84. The van der Waals surface area contributed by atoms with Crippen LogP contribution in [-0.2, 0) is 5.41 Å². The summed E-state index contributed by atoms with van der Waals surface area (Å²) < 4.78 is 0. The molecular weight excluding hydrogens is 314 g/mol. The van der Waals surface area contributed by atoms with E-state index in [4.69, 9.17) is 0 Å². The van der Waals surface area contributed by atoms with E-state index in [1.165, 1.54) is 59.2 Å². The van der Waals surface area contributed by atoms with Gasteiger partial charge in [-0.2, -0.15) is 0 Å². The molecule has 0 N–H and O–H groups in total. The van der Waals surface area contributed by atoms with Crippen LogP contribution in [0.1, 0.15) is 70.1 Å². The van der Waals surface area contributed by atoms with Crippen LogP contribution >= 0.6 is 0 Å². The van der Waals surface area contributed by atoms with E-state index in [9.17, 15) is 0 Å². The zero-order valence-electron chi connectivity index (χ0n) is 16.7. The molecule has 2 saturated heterocycles. The van der Waals surface area contributed by atoms with Gasteiger partial charge in [0.2, 0.25) is 0 Å². The van der Waals surface area contributed by atoms with Gasteiger partial charge in [0, 0.05) is 16.6 Å². The monoisotopic (exact) mass is 343 g/mol. The van der Waals surface area contributed by atoms with E-state index in [0.717, 1.165) is 0 Å². The van der Waals surface area contributed by atoms with Crippen LogP contribution in [0.5, 0.6) is 0 Å². The van der Waals surface area contributed by atoms with Crippen LogP contribution in [0, 0.1) is 18.9 Å². The molecule has 1 saturated carbocycles. The molecule has 2 aromatic rings. The molecule has 2 aliphatic heterocycles. The summed E-state index contributed by atoms with van der Waals surface area (Å²) >= 11 is 0. The average molecular weight is 344 g/mol. The van der Waals surface area contributed by atoms with Gasteiger partial charge in [-0.3, -0.25) is 0 Å². The molecule has 0 amide bonds. The maximum atomic E-state index is 3.90. The first kappa shape index (κ1) is 16.4. The number of rotatable bonds is 1. The highest BCUT2D eigenvalue weighted by atomic mass is 15.2. The molecule has 2 bridgehead atoms. The van der Waals surface area contributed by atoms with Crippen molar-refractivity contribution >= 4 is 5.69 Å². The summed E-state index contributed by atoms with van der Waals surface area (Å²) in [5.41, 5.74) is 9.07. The fourth-order valence-corrected chi connectivity index (χ4v) is 5.52. The lowest BCUT2D eigenvalue weighted by Crippen LogP contribution is -2.57. The quantitative estimate of drug-likeness (QED) is 0.571. The molecule has 6 rings (SSSR count). The minimum absolute atomic E-state index is 0.0828. The third-order valence-corrected chi connectivity index (χ3v) is 7.49. The largest absolute Gasteiger partial charge is 0.355 e. The highest BCUT2D eigenvalue weighted by Gasteiger charge is 2.50. The highest BCUT2D eigenvalue weighted by Crippen LogP contribution is 2.56. The molecule has 0 atom stereocenters. The molecule has 2 aromatic carbocycles. The first-order valence-electron chi connectivity index (χ1n) is 10.1. The Labute approximate surface area is 158 Å². The summed E-state index contributed by atoms with van der Waals surface area (Å²) in [6.45, 7) is 15.7. The Morgan fingerprint density at radius 3 is 2.27 bits per heavy atom. The second-order valence-electron chi connectivity index (χ2n) is 9.86. The molecule has 2 radical (unpaired) electrons. The second-order valence-corrected chi connectivity index (χ2v) is 9.86. The number of benzene rings is 2. The minimum Gasteiger partial charge on any atom is -0.355 e. The predicted molar refractivity (Wildman–Crippen MR) is 109 cm³/mol. The number of nitrogens with zero attached hydrogens (tertiary/aromatic N) is 1. The number of piperidine rings is 2. The maximum Gasteiger partial charge on any atom is 0.0982 e. The van der Waals surface area contributed by atoms with Crippen LogP contribution in [0.15, 0.2) is 36.4 Å². The number of aryl methyl sites for hydroxylation is 1. The molecule has 4 aliphatic rings. The van der Waals surface area contributed by atoms with Crippen molar-refractivity contribution in [3.63, 3.8) is 0 Å². The van der Waals surface area contributed by atoms with Gasteiger partial charge >= 0.3 is 0 Å². The summed E-state index contributed by atoms with van der Waals surface area (Å²) in [6, 6.07) is 13.8. The van der Waals surface area contributed by atoms with Gasteiger partial charge in [-0.05, 0) is 78.8 Å². The zero-order valence-corrected chi connectivity index (χ0v) is 16.7. The van der Waals surface area contributed by atoms with Gasteiger partial charge in [0.25, 0.3) is 0 Å². The van der Waals surface area contributed by atoms with Crippen molar-refractivity contribution in [2.45, 2.75) is 71.3 Å². The third-order valence-electron chi connectivity index (χ3n) is 7.49. The summed E-state index contributed by atoms with van der Waals surface area (Å²) in [5.74, 6) is 0. The van der Waals surface area contributed by atoms with E-state index in [-0.39, 0.29) is 16.4 Å². The molecule has 2 aliphatic carbocycles. The van der Waals surface area contributed by atoms with Gasteiger partial charge in [0.05, 0.1) is 6.54 Å². The molecular formula is C25H29N. The fraction of sp³-hybridized carbons (Fsp3) is 0.480. The van der Waals surface area contributed by atoms with Gasteiger partial charge in [-0.15, -0.1) is 0 Å². The second kappa shape index (κ2) is 4.94. The van der Waals surface area contributed by atoms with Crippen LogP contribution in [0.25, 0.3) is 11.1 Å². The molecule has 1 nitrogen and oxygen atoms in total. The number of anilines is 1. The van der Waals surface area contributed by atoms with E-state index in [1.54, 1.807) is 0 Å². The average Bonchev–Trinajstić information content (AvgIpc) is 2.83. The van der Waals surface area contributed by atoms with Crippen LogP contribution in [0.4, 0.5) is 5.69 Å². The van der Waals surface area contributed by atoms with Gasteiger partial charge in [-0.1, -0.05) is 51.1 Å². The van der Waals surface area contributed by atoms with Crippen LogP contribution in [0.2, 0.25) is 0 Å². The van der Waals surface area contributed by atoms with Gasteiger partial charge in [0.15, 0.2) is 0 Å². The predicted octanol–water partition coefficient (Wildman–Crippen LogP) is 6.50. The van der Waals surface area contributed by atoms with Gasteiger partial charge in [0.1, 0.15) is 0 Å². The number of hydrogen-bond donors (Lipinski definition) is 0. The van der Waals surface area contributed by atoms with Crippen molar-refractivity contribution < 1.29 is 0 Å². The van der Waals surface area contributed by atoms with Crippen molar-refractivity contribution in [3.05, 3.63) is 59.6 Å². The van der Waals surface area contributed by atoms with Gasteiger partial charge < -0.3 is 4.90 Å². The SMILES string of the molecule is Cc1cc2c(cc1N1[C]C3(C)CCC1(C)CC3)-c1ccccc1C2(C)C. The Morgan fingerprint density at radius 1 is 0.846 bits per heavy atom. The first-order valence-corrected chi connectivity index (χ1v) is 10.1. The molecule has 0 aromatic heterocycles. The van der Waals surface area contributed by atoms with Gasteiger partial charge in [-0.25, -0.2) is 0 Å². The topological polar surface area (TPSA) is 3.24 Å². The molecule has 0 unspecified atom stereocenters. The summed E-state index contributed by atoms with van der Waals surface area (Å²) in [5, 5.41) is 0. The van der Waals surface area contributed by atoms with Crippen LogP contribution in [-0.4, -0.2) is 5.54 Å². The summed E-state index contributed by atoms with van der Waals surface area (Å²) in [7, 11) is 0. The van der Waals surface area contributed by atoms with Crippen molar-refractivity contribution in [3.8, 4) is 11.1 Å². The minimum atomic E-state index is 0.0828. The van der Waals surface area contributed by atoms with Crippen LogP contribution < -0.4 is 4.90 Å². The van der Waals surface area contributed by atoms with Crippen molar-refractivity contribution in [1.82, 2.24) is 0 Å². The van der Waals surface area contributed by atoms with E-state index in [0.29, 0.717) is 0 Å². The Bertz CT molecular complexity index is 896. The smallest absolute Gasteiger partial charge is 0.0982 e. The summed E-state index contributed by atoms with van der Waals surface area (Å²) in [6.07, 6.45) is 5.10. The Balaban J connectivity index is 1.69. The molecule has 0 spiro atoms. The zero-order chi connectivity index (χ0) is 18.3. The Hall–Kier alpha value is -1.76. The van der Waals surface area contributed by atoms with Crippen molar-refractivity contribution in [2.24, 2.45) is 5.41 Å². The molecule has 134 valence electrons. The van der Waals surface area contributed by atoms with Crippen molar-refractivity contribution in [1.29, 1.82) is 0 Å². The molecule has 3 fully saturated rings. The Morgan fingerprint density at radius 2 is 1.54 bits per heavy atom. The van der Waals surface area contributed by atoms with E-state index >= 15 is 0 Å². The molecule has 26 heavy (non-hydrogen) atoms. The van der Waals surface area contributed by atoms with Crippen LogP contribution in [0.3, 0.4) is 0 Å². The summed E-state index contributed by atoms with van der Waals surface area (Å²) in [4.78, 5) is 2.52. The lowest BCUT2D eigenvalue weighted by molar-refractivity contribution is 0.126. The lowest BCUT2D eigenvalue weighted by Gasteiger charge is -2.58. The normalized spacial score (nSPS) is 31.0. The number of fused-ring (bicyclic) bond motifs is 6. The van der Waals surface area contributed by atoms with E-state index < -0.39 is 0 Å².